The number of aromatic nitrogens is 1. The van der Waals surface area contributed by atoms with E-state index in [4.69, 9.17) is 9.84 Å². The first-order chi connectivity index (χ1) is 16.5. The number of alkyl halides is 3. The zero-order valence-electron chi connectivity index (χ0n) is 20.2. The van der Waals surface area contributed by atoms with Crippen LogP contribution in [0.2, 0.25) is 0 Å². The molecular weight excluding hydrogens is 499 g/mol. The van der Waals surface area contributed by atoms with E-state index >= 15 is 0 Å². The molecule has 1 aromatic carbocycles. The lowest BCUT2D eigenvalue weighted by Crippen LogP contribution is -2.46. The zero-order valence-corrected chi connectivity index (χ0v) is 21.0. The van der Waals surface area contributed by atoms with Crippen LogP contribution >= 0.6 is 11.3 Å². The summed E-state index contributed by atoms with van der Waals surface area (Å²) in [4.78, 5) is 27.9. The Morgan fingerprint density at radius 2 is 1.81 bits per heavy atom. The summed E-state index contributed by atoms with van der Waals surface area (Å²) in [5, 5.41) is 25.9. The molecule has 1 heterocycles. The van der Waals surface area contributed by atoms with E-state index < -0.39 is 41.2 Å². The fraction of sp³-hybridized carbons (Fsp3) is 0.458. The van der Waals surface area contributed by atoms with E-state index in [1.165, 1.54) is 23.5 Å². The van der Waals surface area contributed by atoms with Crippen molar-refractivity contribution in [3.63, 3.8) is 0 Å². The van der Waals surface area contributed by atoms with Gasteiger partial charge in [0.15, 0.2) is 0 Å². The van der Waals surface area contributed by atoms with E-state index in [1.54, 1.807) is 33.1 Å². The molecule has 0 radical (unpaired) electrons. The molecule has 2 aromatic rings. The summed E-state index contributed by atoms with van der Waals surface area (Å²) in [5.41, 5.74) is -1.96. The Kier molecular flexibility index (Phi) is 9.34. The van der Waals surface area contributed by atoms with Gasteiger partial charge in [0.1, 0.15) is 16.9 Å². The lowest BCUT2D eigenvalue weighted by Gasteiger charge is -2.25. The SMILES string of the molecule is CC(C)(O)C#Cc1csc(CC(C)(C)OC(=O)NCC(Cc2ccc(C(F)(F)F)cc2)NC(=O)O)n1. The van der Waals surface area contributed by atoms with Gasteiger partial charge in [-0.1, -0.05) is 18.1 Å². The third-order valence-corrected chi connectivity index (χ3v) is 5.43. The molecule has 1 unspecified atom stereocenters. The number of nitrogens with zero attached hydrogens (tertiary/aromatic N) is 1. The number of hydrogen-bond donors (Lipinski definition) is 4. The van der Waals surface area contributed by atoms with E-state index in [9.17, 15) is 27.9 Å². The molecule has 0 fully saturated rings. The quantitative estimate of drug-likeness (QED) is 0.382. The van der Waals surface area contributed by atoms with Crippen molar-refractivity contribution in [2.24, 2.45) is 0 Å². The van der Waals surface area contributed by atoms with Gasteiger partial charge in [0.05, 0.1) is 16.6 Å². The summed E-state index contributed by atoms with van der Waals surface area (Å²) < 4.78 is 43.7. The van der Waals surface area contributed by atoms with Crippen LogP contribution in [0.3, 0.4) is 0 Å². The maximum Gasteiger partial charge on any atom is 0.416 e. The Morgan fingerprint density at radius 3 is 2.36 bits per heavy atom. The van der Waals surface area contributed by atoms with Crippen molar-refractivity contribution in [1.82, 2.24) is 15.6 Å². The molecule has 0 spiro atoms. The smallest absolute Gasteiger partial charge is 0.416 e. The van der Waals surface area contributed by atoms with E-state index in [0.29, 0.717) is 16.3 Å². The highest BCUT2D eigenvalue weighted by Crippen LogP contribution is 2.29. The van der Waals surface area contributed by atoms with Crippen LogP contribution < -0.4 is 10.6 Å². The van der Waals surface area contributed by atoms with Crippen molar-refractivity contribution < 1.29 is 37.7 Å². The Hall–Kier alpha value is -3.30. The molecule has 0 aliphatic rings. The monoisotopic (exact) mass is 527 g/mol. The number of ether oxygens (including phenoxy) is 1. The van der Waals surface area contributed by atoms with Gasteiger partial charge in [-0.2, -0.15) is 13.2 Å². The Bertz CT molecular complexity index is 1110. The standard InChI is InChI=1S/C24H28F3N3O5S/c1-22(2,34)10-9-17-14-36-19(29-17)12-23(3,4)35-21(33)28-13-18(30-20(31)32)11-15-5-7-16(8-6-15)24(25,26)27/h5-8,14,18,30,34H,11-13H2,1-4H3,(H,28,33)(H,31,32). The number of carbonyl (C=O) groups is 2. The van der Waals surface area contributed by atoms with Gasteiger partial charge < -0.3 is 25.6 Å². The zero-order chi connectivity index (χ0) is 27.1. The van der Waals surface area contributed by atoms with Crippen molar-refractivity contribution in [3.8, 4) is 11.8 Å². The number of rotatable bonds is 8. The van der Waals surface area contributed by atoms with Crippen LogP contribution in [0, 0.1) is 11.8 Å². The minimum Gasteiger partial charge on any atom is -0.465 e. The second kappa shape index (κ2) is 11.6. The number of benzene rings is 1. The average Bonchev–Trinajstić information content (AvgIpc) is 3.15. The summed E-state index contributed by atoms with van der Waals surface area (Å²) in [6.07, 6.45) is -6.25. The van der Waals surface area contributed by atoms with Gasteiger partial charge in [-0.25, -0.2) is 14.6 Å². The summed E-state index contributed by atoms with van der Waals surface area (Å²) in [6, 6.07) is 3.55. The Balaban J connectivity index is 1.94. The van der Waals surface area contributed by atoms with Crippen LogP contribution in [0.25, 0.3) is 0 Å². The molecule has 4 N–H and O–H groups in total. The molecule has 1 aromatic heterocycles. The summed E-state index contributed by atoms with van der Waals surface area (Å²) in [7, 11) is 0. The molecule has 196 valence electrons. The predicted octanol–water partition coefficient (Wildman–Crippen LogP) is 4.21. The van der Waals surface area contributed by atoms with Crippen LogP contribution in [-0.2, 0) is 23.8 Å². The molecule has 2 rings (SSSR count). The first kappa shape index (κ1) is 28.9. The van der Waals surface area contributed by atoms with E-state index in [1.807, 2.05) is 0 Å². The van der Waals surface area contributed by atoms with Crippen molar-refractivity contribution >= 4 is 23.5 Å². The molecular formula is C24H28F3N3O5S. The van der Waals surface area contributed by atoms with Gasteiger partial charge in [0, 0.05) is 18.3 Å². The number of halogens is 3. The average molecular weight is 528 g/mol. The van der Waals surface area contributed by atoms with Gasteiger partial charge >= 0.3 is 18.4 Å². The number of hydrogen-bond acceptors (Lipinski definition) is 6. The lowest BCUT2D eigenvalue weighted by molar-refractivity contribution is -0.137. The Morgan fingerprint density at radius 1 is 1.17 bits per heavy atom. The molecule has 0 aliphatic carbocycles. The third-order valence-electron chi connectivity index (χ3n) is 4.58. The van der Waals surface area contributed by atoms with E-state index in [0.717, 1.165) is 12.1 Å². The summed E-state index contributed by atoms with van der Waals surface area (Å²) in [6.45, 7) is 6.35. The lowest BCUT2D eigenvalue weighted by atomic mass is 10.0. The first-order valence-corrected chi connectivity index (χ1v) is 11.7. The number of carbonyl (C=O) groups excluding carboxylic acids is 1. The van der Waals surface area contributed by atoms with Crippen molar-refractivity contribution in [2.45, 2.75) is 64.0 Å². The molecule has 0 saturated heterocycles. The first-order valence-electron chi connectivity index (χ1n) is 10.8. The van der Waals surface area contributed by atoms with Crippen molar-refractivity contribution in [3.05, 3.63) is 51.5 Å². The van der Waals surface area contributed by atoms with Crippen LogP contribution in [0.15, 0.2) is 29.6 Å². The topological polar surface area (TPSA) is 121 Å². The van der Waals surface area contributed by atoms with Gasteiger partial charge in [-0.3, -0.25) is 0 Å². The summed E-state index contributed by atoms with van der Waals surface area (Å²) in [5.74, 6) is 5.45. The number of nitrogens with one attached hydrogen (secondary N) is 2. The number of aliphatic hydroxyl groups is 1. The number of carboxylic acid groups (broad SMARTS) is 1. The molecule has 12 heteroatoms. The van der Waals surface area contributed by atoms with E-state index in [-0.39, 0.29) is 19.4 Å². The van der Waals surface area contributed by atoms with Gasteiger partial charge in [0.25, 0.3) is 0 Å². The highest BCUT2D eigenvalue weighted by atomic mass is 32.1. The largest absolute Gasteiger partial charge is 0.465 e. The van der Waals surface area contributed by atoms with Crippen molar-refractivity contribution in [2.75, 3.05) is 6.54 Å². The van der Waals surface area contributed by atoms with Crippen molar-refractivity contribution in [1.29, 1.82) is 0 Å². The molecule has 2 amide bonds. The number of amides is 2. The molecule has 1 atom stereocenters. The number of thiazole rings is 1. The molecule has 0 aliphatic heterocycles. The third kappa shape index (κ3) is 10.5. The van der Waals surface area contributed by atoms with Gasteiger partial charge in [0.2, 0.25) is 0 Å². The highest BCUT2D eigenvalue weighted by Gasteiger charge is 2.30. The fourth-order valence-electron chi connectivity index (χ4n) is 3.02. The molecule has 36 heavy (non-hydrogen) atoms. The predicted molar refractivity (Wildman–Crippen MR) is 128 cm³/mol. The second-order valence-electron chi connectivity index (χ2n) is 9.19. The maximum atomic E-state index is 12.7. The van der Waals surface area contributed by atoms with Crippen LogP contribution in [-0.4, -0.2) is 51.2 Å². The molecule has 8 nitrogen and oxygen atoms in total. The van der Waals surface area contributed by atoms with Crippen LogP contribution in [0.1, 0.15) is 49.5 Å². The summed E-state index contributed by atoms with van der Waals surface area (Å²) >= 11 is 1.33. The maximum absolute atomic E-state index is 12.7. The van der Waals surface area contributed by atoms with E-state index in [2.05, 4.69) is 27.5 Å². The number of alkyl carbamates (subject to hydrolysis) is 1. The fourth-order valence-corrected chi connectivity index (χ4v) is 3.96. The second-order valence-corrected chi connectivity index (χ2v) is 10.1. The minimum absolute atomic E-state index is 0.0572. The Labute approximate surface area is 210 Å². The normalized spacial score (nSPS) is 12.8. The highest BCUT2D eigenvalue weighted by molar-refractivity contribution is 7.09. The molecule has 0 saturated carbocycles. The van der Waals surface area contributed by atoms with Crippen LogP contribution in [0.5, 0.6) is 0 Å². The van der Waals surface area contributed by atoms with Crippen LogP contribution in [0.4, 0.5) is 22.8 Å². The van der Waals surface area contributed by atoms with Gasteiger partial charge in [-0.05, 0) is 57.7 Å². The molecule has 0 bridgehead atoms. The minimum atomic E-state index is -4.47. The van der Waals surface area contributed by atoms with Gasteiger partial charge in [-0.15, -0.1) is 11.3 Å².